The molecule has 0 aliphatic carbocycles. The minimum Gasteiger partial charge on any atom is -0.371 e. The van der Waals surface area contributed by atoms with Crippen molar-refractivity contribution in [1.82, 2.24) is 8.61 Å². The van der Waals surface area contributed by atoms with Crippen LogP contribution in [-0.4, -0.2) is 49.8 Å². The fourth-order valence-electron chi connectivity index (χ4n) is 3.15. The lowest BCUT2D eigenvalue weighted by molar-refractivity contribution is -0.00432. The molecule has 2 aliphatic rings. The number of ether oxygens (including phenoxy) is 1. The van der Waals surface area contributed by atoms with Crippen LogP contribution in [0.2, 0.25) is 0 Å². The van der Waals surface area contributed by atoms with Crippen LogP contribution in [0.5, 0.6) is 0 Å². The Morgan fingerprint density at radius 1 is 0.957 bits per heavy atom. The molecule has 0 bridgehead atoms. The lowest BCUT2D eigenvalue weighted by Gasteiger charge is -2.35. The topological polar surface area (TPSA) is 49.9 Å². The number of rotatable bonds is 3. The Bertz CT molecular complexity index is 613. The molecule has 5 nitrogen and oxygen atoms in total. The van der Waals surface area contributed by atoms with Gasteiger partial charge in [-0.3, -0.25) is 0 Å². The quantitative estimate of drug-likeness (QED) is 0.847. The van der Waals surface area contributed by atoms with Crippen LogP contribution in [-0.2, 0) is 14.9 Å². The Morgan fingerprint density at radius 3 is 2.26 bits per heavy atom. The van der Waals surface area contributed by atoms with Gasteiger partial charge >= 0.3 is 0 Å². The van der Waals surface area contributed by atoms with E-state index in [2.05, 4.69) is 0 Å². The molecule has 3 rings (SSSR count). The highest BCUT2D eigenvalue weighted by atomic mass is 32.2. The molecule has 0 N–H and O–H groups in total. The molecular formula is C16H23FN2O3S. The third-order valence-electron chi connectivity index (χ3n) is 4.49. The summed E-state index contributed by atoms with van der Waals surface area (Å²) in [5, 5.41) is 0. The van der Waals surface area contributed by atoms with Crippen molar-refractivity contribution in [3.63, 3.8) is 0 Å². The Balaban J connectivity index is 1.73. The second kappa shape index (κ2) is 7.25. The lowest BCUT2D eigenvalue weighted by atomic mass is 10.1. The van der Waals surface area contributed by atoms with Gasteiger partial charge in [-0.05, 0) is 30.5 Å². The summed E-state index contributed by atoms with van der Waals surface area (Å²) < 4.78 is 47.6. The average Bonchev–Trinajstić information content (AvgIpc) is 2.85. The standard InChI is InChI=1S/C16H23FN2O3S/c17-15-7-5-14(6-8-15)16-13-19(11-12-22-16)23(20,21)18-9-3-1-2-4-10-18/h5-8,16H,1-4,9-13H2/t16-/m0/s1. The van der Waals surface area contributed by atoms with Crippen molar-refractivity contribution in [3.8, 4) is 0 Å². The van der Waals surface area contributed by atoms with Crippen LogP contribution >= 0.6 is 0 Å². The number of hydrogen-bond donors (Lipinski definition) is 0. The highest BCUT2D eigenvalue weighted by Crippen LogP contribution is 2.26. The molecule has 1 aromatic carbocycles. The van der Waals surface area contributed by atoms with Crippen LogP contribution in [0.15, 0.2) is 24.3 Å². The molecule has 2 saturated heterocycles. The summed E-state index contributed by atoms with van der Waals surface area (Å²) in [6.07, 6.45) is 3.68. The number of hydrogen-bond acceptors (Lipinski definition) is 3. The van der Waals surface area contributed by atoms with Gasteiger partial charge in [-0.2, -0.15) is 17.0 Å². The summed E-state index contributed by atoms with van der Waals surface area (Å²) in [4.78, 5) is 0. The zero-order valence-electron chi connectivity index (χ0n) is 13.2. The lowest BCUT2D eigenvalue weighted by Crippen LogP contribution is -2.49. The monoisotopic (exact) mass is 342 g/mol. The van der Waals surface area contributed by atoms with E-state index in [1.165, 1.54) is 16.4 Å². The van der Waals surface area contributed by atoms with Crippen LogP contribution in [0.4, 0.5) is 4.39 Å². The van der Waals surface area contributed by atoms with Gasteiger partial charge in [0, 0.05) is 26.2 Å². The molecule has 0 radical (unpaired) electrons. The average molecular weight is 342 g/mol. The van der Waals surface area contributed by atoms with E-state index < -0.39 is 10.2 Å². The summed E-state index contributed by atoms with van der Waals surface area (Å²) in [6.45, 7) is 2.21. The molecule has 1 atom stereocenters. The van der Waals surface area contributed by atoms with E-state index in [1.807, 2.05) is 0 Å². The highest BCUT2D eigenvalue weighted by Gasteiger charge is 2.34. The molecule has 0 amide bonds. The zero-order valence-corrected chi connectivity index (χ0v) is 14.0. The van der Waals surface area contributed by atoms with Gasteiger partial charge in [-0.15, -0.1) is 0 Å². The van der Waals surface area contributed by atoms with Crippen molar-refractivity contribution in [2.24, 2.45) is 0 Å². The van der Waals surface area contributed by atoms with E-state index in [4.69, 9.17) is 4.74 Å². The predicted molar refractivity (Wildman–Crippen MR) is 85.6 cm³/mol. The summed E-state index contributed by atoms with van der Waals surface area (Å²) in [7, 11) is -3.44. The van der Waals surface area contributed by atoms with Crippen LogP contribution in [0, 0.1) is 5.82 Å². The largest absolute Gasteiger partial charge is 0.371 e. The molecule has 1 aromatic rings. The van der Waals surface area contributed by atoms with E-state index in [0.29, 0.717) is 26.2 Å². The first kappa shape index (κ1) is 16.8. The van der Waals surface area contributed by atoms with Crippen molar-refractivity contribution in [1.29, 1.82) is 0 Å². The van der Waals surface area contributed by atoms with Crippen molar-refractivity contribution < 1.29 is 17.5 Å². The first-order valence-corrected chi connectivity index (χ1v) is 9.59. The van der Waals surface area contributed by atoms with Gasteiger partial charge in [0.2, 0.25) is 0 Å². The molecule has 23 heavy (non-hydrogen) atoms. The predicted octanol–water partition coefficient (Wildman–Crippen LogP) is 2.32. The number of halogens is 1. The van der Waals surface area contributed by atoms with Crippen molar-refractivity contribution in [2.75, 3.05) is 32.8 Å². The van der Waals surface area contributed by atoms with Gasteiger partial charge in [0.15, 0.2) is 0 Å². The summed E-state index contributed by atoms with van der Waals surface area (Å²) in [6, 6.07) is 6.06. The van der Waals surface area contributed by atoms with E-state index in [-0.39, 0.29) is 18.5 Å². The zero-order chi connectivity index (χ0) is 16.3. The van der Waals surface area contributed by atoms with Crippen molar-refractivity contribution >= 4 is 10.2 Å². The molecule has 0 spiro atoms. The molecule has 0 aromatic heterocycles. The Kier molecular flexibility index (Phi) is 5.31. The van der Waals surface area contributed by atoms with Crippen molar-refractivity contribution in [3.05, 3.63) is 35.6 Å². The highest BCUT2D eigenvalue weighted by molar-refractivity contribution is 7.86. The molecule has 2 aliphatic heterocycles. The van der Waals surface area contributed by atoms with Gasteiger partial charge in [0.05, 0.1) is 12.7 Å². The van der Waals surface area contributed by atoms with E-state index in [1.54, 1.807) is 16.4 Å². The van der Waals surface area contributed by atoms with E-state index in [9.17, 15) is 12.8 Å². The molecule has 0 saturated carbocycles. The second-order valence-electron chi connectivity index (χ2n) is 6.09. The van der Waals surface area contributed by atoms with Crippen molar-refractivity contribution in [2.45, 2.75) is 31.8 Å². The third-order valence-corrected chi connectivity index (χ3v) is 6.49. The number of benzene rings is 1. The molecule has 2 heterocycles. The third kappa shape index (κ3) is 3.91. The maximum absolute atomic E-state index is 13.0. The Labute approximate surface area is 137 Å². The summed E-state index contributed by atoms with van der Waals surface area (Å²) >= 11 is 0. The fraction of sp³-hybridized carbons (Fsp3) is 0.625. The van der Waals surface area contributed by atoms with Gasteiger partial charge in [-0.25, -0.2) is 4.39 Å². The number of nitrogens with zero attached hydrogens (tertiary/aromatic N) is 2. The van der Waals surface area contributed by atoms with E-state index >= 15 is 0 Å². The summed E-state index contributed by atoms with van der Waals surface area (Å²) in [5.41, 5.74) is 0.808. The molecular weight excluding hydrogens is 319 g/mol. The molecule has 128 valence electrons. The molecule has 0 unspecified atom stereocenters. The van der Waals surface area contributed by atoms with Crippen LogP contribution in [0.3, 0.4) is 0 Å². The maximum atomic E-state index is 13.0. The minimum absolute atomic E-state index is 0.282. The minimum atomic E-state index is -3.44. The van der Waals surface area contributed by atoms with E-state index in [0.717, 1.165) is 31.2 Å². The summed E-state index contributed by atoms with van der Waals surface area (Å²) in [5.74, 6) is -0.307. The van der Waals surface area contributed by atoms with Crippen LogP contribution in [0.1, 0.15) is 37.4 Å². The first-order valence-electron chi connectivity index (χ1n) is 8.20. The fourth-order valence-corrected chi connectivity index (χ4v) is 4.83. The van der Waals surface area contributed by atoms with Gasteiger partial charge < -0.3 is 4.74 Å². The van der Waals surface area contributed by atoms with Gasteiger partial charge in [0.1, 0.15) is 5.82 Å². The molecule has 7 heteroatoms. The smallest absolute Gasteiger partial charge is 0.282 e. The molecule has 2 fully saturated rings. The second-order valence-corrected chi connectivity index (χ2v) is 8.02. The van der Waals surface area contributed by atoms with Crippen LogP contribution < -0.4 is 0 Å². The normalized spacial score (nSPS) is 25.2. The Hall–Kier alpha value is -1.02. The SMILES string of the molecule is O=S(=O)(N1CCCCCC1)N1CCO[C@H](c2ccc(F)cc2)C1. The maximum Gasteiger partial charge on any atom is 0.282 e. The first-order chi connectivity index (χ1) is 11.1. The van der Waals surface area contributed by atoms with Crippen LogP contribution in [0.25, 0.3) is 0 Å². The van der Waals surface area contributed by atoms with Gasteiger partial charge in [-0.1, -0.05) is 25.0 Å². The Morgan fingerprint density at radius 2 is 1.61 bits per heavy atom. The van der Waals surface area contributed by atoms with Gasteiger partial charge in [0.25, 0.3) is 10.2 Å². The number of morpholine rings is 1.